The Morgan fingerprint density at radius 1 is 1.08 bits per heavy atom. The number of nitrogens with zero attached hydrogens (tertiary/aromatic N) is 1. The van der Waals surface area contributed by atoms with E-state index in [0.29, 0.717) is 33.8 Å². The van der Waals surface area contributed by atoms with E-state index in [1.807, 2.05) is 13.8 Å². The van der Waals surface area contributed by atoms with Crippen LogP contribution < -0.4 is 10.6 Å². The summed E-state index contributed by atoms with van der Waals surface area (Å²) in [6.45, 7) is 4.57. The molecular weight excluding hydrogens is 349 g/mol. The Bertz CT molecular complexity index is 763. The molecule has 1 aromatic carbocycles. The molecule has 24 heavy (non-hydrogen) atoms. The van der Waals surface area contributed by atoms with Gasteiger partial charge in [-0.2, -0.15) is 0 Å². The molecule has 2 rings (SSSR count). The minimum absolute atomic E-state index is 0.137. The van der Waals surface area contributed by atoms with Crippen molar-refractivity contribution >= 4 is 40.7 Å². The van der Waals surface area contributed by atoms with E-state index in [1.165, 1.54) is 12.3 Å². The molecule has 0 aliphatic carbocycles. The van der Waals surface area contributed by atoms with Crippen LogP contribution in [0.1, 0.15) is 34.7 Å². The van der Waals surface area contributed by atoms with Gasteiger partial charge in [0.2, 0.25) is 0 Å². The fraction of sp³-hybridized carbons (Fsp3) is 0.235. The van der Waals surface area contributed by atoms with Crippen LogP contribution in [0.3, 0.4) is 0 Å². The van der Waals surface area contributed by atoms with Gasteiger partial charge in [0, 0.05) is 24.0 Å². The first kappa shape index (κ1) is 18.2. The summed E-state index contributed by atoms with van der Waals surface area (Å²) >= 11 is 11.8. The lowest BCUT2D eigenvalue weighted by Gasteiger charge is -2.09. The molecule has 0 radical (unpaired) electrons. The molecule has 2 amide bonds. The number of aromatic nitrogens is 1. The van der Waals surface area contributed by atoms with E-state index in [-0.39, 0.29) is 11.6 Å². The lowest BCUT2D eigenvalue weighted by atomic mass is 10.2. The third kappa shape index (κ3) is 4.94. The third-order valence-corrected chi connectivity index (χ3v) is 3.84. The molecule has 126 valence electrons. The average molecular weight is 366 g/mol. The van der Waals surface area contributed by atoms with Crippen LogP contribution in [0.15, 0.2) is 36.5 Å². The monoisotopic (exact) mass is 365 g/mol. The molecule has 0 saturated heterocycles. The number of amides is 2. The largest absolute Gasteiger partial charge is 0.352 e. The van der Waals surface area contributed by atoms with Gasteiger partial charge in [-0.05, 0) is 36.2 Å². The van der Waals surface area contributed by atoms with Gasteiger partial charge >= 0.3 is 0 Å². The molecule has 2 N–H and O–H groups in total. The van der Waals surface area contributed by atoms with Crippen molar-refractivity contribution in [1.82, 2.24) is 10.3 Å². The summed E-state index contributed by atoms with van der Waals surface area (Å²) in [6.07, 6.45) is 1.42. The Morgan fingerprint density at radius 2 is 1.83 bits per heavy atom. The van der Waals surface area contributed by atoms with E-state index in [2.05, 4.69) is 15.6 Å². The number of pyridine rings is 1. The van der Waals surface area contributed by atoms with Gasteiger partial charge in [-0.3, -0.25) is 14.6 Å². The summed E-state index contributed by atoms with van der Waals surface area (Å²) in [7, 11) is 0. The quantitative estimate of drug-likeness (QED) is 0.840. The normalized spacial score (nSPS) is 10.5. The van der Waals surface area contributed by atoms with Crippen molar-refractivity contribution in [3.63, 3.8) is 0 Å². The zero-order valence-corrected chi connectivity index (χ0v) is 14.8. The fourth-order valence-corrected chi connectivity index (χ4v) is 2.16. The Labute approximate surface area is 150 Å². The molecule has 0 atom stereocenters. The highest BCUT2D eigenvalue weighted by Crippen LogP contribution is 2.25. The van der Waals surface area contributed by atoms with Gasteiger partial charge in [0.25, 0.3) is 11.8 Å². The van der Waals surface area contributed by atoms with Gasteiger partial charge in [-0.1, -0.05) is 37.0 Å². The summed E-state index contributed by atoms with van der Waals surface area (Å²) in [5.41, 5.74) is 1.01. The van der Waals surface area contributed by atoms with Crippen LogP contribution in [0, 0.1) is 5.92 Å². The van der Waals surface area contributed by atoms with Crippen LogP contribution in [0.5, 0.6) is 0 Å². The number of carbonyl (C=O) groups is 2. The predicted molar refractivity (Wildman–Crippen MR) is 95.8 cm³/mol. The minimum atomic E-state index is -0.438. The average Bonchev–Trinajstić information content (AvgIpc) is 2.56. The van der Waals surface area contributed by atoms with E-state index in [4.69, 9.17) is 23.2 Å². The number of halogens is 2. The number of carbonyl (C=O) groups excluding carboxylic acids is 2. The molecule has 0 spiro atoms. The van der Waals surface area contributed by atoms with E-state index in [1.54, 1.807) is 24.3 Å². The zero-order valence-electron chi connectivity index (χ0n) is 13.3. The maximum absolute atomic E-state index is 12.3. The fourth-order valence-electron chi connectivity index (χ4n) is 1.86. The van der Waals surface area contributed by atoms with Crippen molar-refractivity contribution in [3.05, 3.63) is 57.8 Å². The molecule has 0 unspecified atom stereocenters. The van der Waals surface area contributed by atoms with Crippen LogP contribution in [-0.2, 0) is 0 Å². The Kier molecular flexibility index (Phi) is 6.17. The van der Waals surface area contributed by atoms with Crippen molar-refractivity contribution in [3.8, 4) is 0 Å². The third-order valence-electron chi connectivity index (χ3n) is 3.10. The Balaban J connectivity index is 2.11. The van der Waals surface area contributed by atoms with Crippen molar-refractivity contribution in [2.24, 2.45) is 5.92 Å². The summed E-state index contributed by atoms with van der Waals surface area (Å²) < 4.78 is 0. The maximum atomic E-state index is 12.3. The standard InChI is InChI=1S/C17H17Cl2N3O2/c1-10(2)9-21-16(23)11-5-6-20-15(7-11)17(24)22-12-3-4-13(18)14(19)8-12/h3-8,10H,9H2,1-2H3,(H,21,23)(H,22,24). The Morgan fingerprint density at radius 3 is 2.50 bits per heavy atom. The highest BCUT2D eigenvalue weighted by molar-refractivity contribution is 6.42. The van der Waals surface area contributed by atoms with Gasteiger partial charge in [0.15, 0.2) is 0 Å². The predicted octanol–water partition coefficient (Wildman–Crippen LogP) is 4.03. The summed E-state index contributed by atoms with van der Waals surface area (Å²) in [6, 6.07) is 7.77. The van der Waals surface area contributed by atoms with E-state index >= 15 is 0 Å². The minimum Gasteiger partial charge on any atom is -0.352 e. The van der Waals surface area contributed by atoms with Gasteiger partial charge < -0.3 is 10.6 Å². The van der Waals surface area contributed by atoms with Crippen molar-refractivity contribution in [2.75, 3.05) is 11.9 Å². The van der Waals surface area contributed by atoms with Gasteiger partial charge in [0.05, 0.1) is 10.0 Å². The first-order chi connectivity index (χ1) is 11.4. The number of rotatable bonds is 5. The van der Waals surface area contributed by atoms with Crippen molar-refractivity contribution in [2.45, 2.75) is 13.8 Å². The molecule has 2 aromatic rings. The molecule has 5 nitrogen and oxygen atoms in total. The highest BCUT2D eigenvalue weighted by atomic mass is 35.5. The molecular formula is C17H17Cl2N3O2. The van der Waals surface area contributed by atoms with Crippen molar-refractivity contribution < 1.29 is 9.59 Å². The highest BCUT2D eigenvalue weighted by Gasteiger charge is 2.13. The molecule has 1 heterocycles. The van der Waals surface area contributed by atoms with Crippen LogP contribution in [0.25, 0.3) is 0 Å². The topological polar surface area (TPSA) is 71.1 Å². The van der Waals surface area contributed by atoms with E-state index < -0.39 is 5.91 Å². The first-order valence-corrected chi connectivity index (χ1v) is 8.13. The second-order valence-corrected chi connectivity index (χ2v) is 6.43. The second-order valence-electron chi connectivity index (χ2n) is 5.62. The molecule has 0 aliphatic heterocycles. The first-order valence-electron chi connectivity index (χ1n) is 7.37. The number of nitrogens with one attached hydrogen (secondary N) is 2. The molecule has 0 saturated carbocycles. The second kappa shape index (κ2) is 8.13. The molecule has 1 aromatic heterocycles. The van der Waals surface area contributed by atoms with Gasteiger partial charge in [-0.25, -0.2) is 0 Å². The van der Waals surface area contributed by atoms with Crippen LogP contribution in [-0.4, -0.2) is 23.3 Å². The Hall–Kier alpha value is -2.11. The van der Waals surface area contributed by atoms with Gasteiger partial charge in [0.1, 0.15) is 5.69 Å². The van der Waals surface area contributed by atoms with E-state index in [0.717, 1.165) is 0 Å². The maximum Gasteiger partial charge on any atom is 0.274 e. The van der Waals surface area contributed by atoms with Crippen LogP contribution in [0.2, 0.25) is 10.0 Å². The molecule has 0 aliphatic rings. The van der Waals surface area contributed by atoms with Gasteiger partial charge in [-0.15, -0.1) is 0 Å². The number of anilines is 1. The van der Waals surface area contributed by atoms with Crippen LogP contribution in [0.4, 0.5) is 5.69 Å². The molecule has 0 fully saturated rings. The summed E-state index contributed by atoms with van der Waals surface area (Å²) in [5, 5.41) is 6.20. The summed E-state index contributed by atoms with van der Waals surface area (Å²) in [5.74, 6) is -0.338. The number of hydrogen-bond donors (Lipinski definition) is 2. The zero-order chi connectivity index (χ0) is 17.7. The van der Waals surface area contributed by atoms with Crippen LogP contribution >= 0.6 is 23.2 Å². The SMILES string of the molecule is CC(C)CNC(=O)c1ccnc(C(=O)Nc2ccc(Cl)c(Cl)c2)c1. The number of benzene rings is 1. The van der Waals surface area contributed by atoms with Crippen molar-refractivity contribution in [1.29, 1.82) is 0 Å². The molecule has 7 heteroatoms. The smallest absolute Gasteiger partial charge is 0.274 e. The lowest BCUT2D eigenvalue weighted by Crippen LogP contribution is -2.27. The molecule has 0 bridgehead atoms. The summed E-state index contributed by atoms with van der Waals surface area (Å²) in [4.78, 5) is 28.3. The lowest BCUT2D eigenvalue weighted by molar-refractivity contribution is 0.0949. The number of hydrogen-bond acceptors (Lipinski definition) is 3. The van der Waals surface area contributed by atoms with E-state index in [9.17, 15) is 9.59 Å².